The van der Waals surface area contributed by atoms with Gasteiger partial charge in [0.25, 0.3) is 7.63 Å². The van der Waals surface area contributed by atoms with Crippen LogP contribution < -0.4 is 0 Å². The van der Waals surface area contributed by atoms with Gasteiger partial charge in [-0.05, 0) is 29.8 Å². The van der Waals surface area contributed by atoms with Crippen LogP contribution >= 0.6 is 22.7 Å². The molecule has 0 aliphatic heterocycles. The summed E-state index contributed by atoms with van der Waals surface area (Å²) in [5, 5.41) is 0.749. The lowest BCUT2D eigenvalue weighted by atomic mass is 10.2. The molecule has 1 aromatic carbocycles. The highest BCUT2D eigenvalue weighted by atomic mass is 35.6. The van der Waals surface area contributed by atoms with Crippen LogP contribution in [0.2, 0.25) is 17.1 Å². The number of rotatable bonds is 5. The zero-order chi connectivity index (χ0) is 11.3. The number of hydrogen-bond donors (Lipinski definition) is 0. The van der Waals surface area contributed by atoms with Gasteiger partial charge in [0.15, 0.2) is 0 Å². The highest BCUT2D eigenvalue weighted by Crippen LogP contribution is 2.23. The molecule has 0 fully saturated rings. The van der Waals surface area contributed by atoms with Gasteiger partial charge in [-0.1, -0.05) is 37.6 Å². The van der Waals surface area contributed by atoms with Crippen molar-refractivity contribution in [3.63, 3.8) is 0 Å². The van der Waals surface area contributed by atoms with Crippen LogP contribution in [0.15, 0.2) is 24.3 Å². The van der Waals surface area contributed by atoms with Gasteiger partial charge in [-0.2, -0.15) is 0 Å². The Bertz CT molecular complexity index is 296. The molecule has 0 spiro atoms. The molecule has 0 aliphatic rings. The topological polar surface area (TPSA) is 9.23 Å². The number of benzene rings is 1. The van der Waals surface area contributed by atoms with Crippen LogP contribution in [0.4, 0.5) is 0 Å². The largest absolute Gasteiger partial charge is 0.399 e. The quantitative estimate of drug-likeness (QED) is 0.558. The van der Waals surface area contributed by atoms with Crippen LogP contribution in [0.25, 0.3) is 0 Å². The Labute approximate surface area is 102 Å². The average molecular weight is 263 g/mol. The summed E-state index contributed by atoms with van der Waals surface area (Å²) in [5.74, 6) is 0. The predicted octanol–water partition coefficient (Wildman–Crippen LogP) is 4.58. The molecule has 1 rings (SSSR count). The Hall–Kier alpha value is -0.0231. The van der Waals surface area contributed by atoms with E-state index in [4.69, 9.17) is 27.1 Å². The smallest absolute Gasteiger partial charge is 0.289 e. The summed E-state index contributed by atoms with van der Waals surface area (Å²) < 4.78 is 5.82. The monoisotopic (exact) mass is 262 g/mol. The molecule has 0 aliphatic carbocycles. The third-order valence-electron chi connectivity index (χ3n) is 2.47. The van der Waals surface area contributed by atoms with Crippen molar-refractivity contribution in [2.75, 3.05) is 0 Å². The molecule has 0 amide bonds. The molecule has 0 saturated carbocycles. The van der Waals surface area contributed by atoms with Crippen molar-refractivity contribution in [2.24, 2.45) is 0 Å². The molecular formula is C11H16Cl2OSi. The van der Waals surface area contributed by atoms with Crippen LogP contribution in [-0.2, 0) is 11.0 Å². The van der Waals surface area contributed by atoms with Crippen molar-refractivity contribution in [1.82, 2.24) is 0 Å². The van der Waals surface area contributed by atoms with Gasteiger partial charge < -0.3 is 4.43 Å². The fourth-order valence-corrected chi connectivity index (χ4v) is 2.87. The van der Waals surface area contributed by atoms with E-state index in [1.807, 2.05) is 24.3 Å². The molecule has 0 radical (unpaired) electrons. The number of halogens is 2. The first-order valence-electron chi connectivity index (χ1n) is 5.17. The van der Waals surface area contributed by atoms with Crippen LogP contribution in [0.5, 0.6) is 0 Å². The summed E-state index contributed by atoms with van der Waals surface area (Å²) in [5.41, 5.74) is 1.12. The third kappa shape index (κ3) is 4.15. The van der Waals surface area contributed by atoms with Crippen molar-refractivity contribution >= 4 is 30.3 Å². The Morgan fingerprint density at radius 2 is 1.67 bits per heavy atom. The summed E-state index contributed by atoms with van der Waals surface area (Å²) in [4.78, 5) is 0. The molecule has 0 saturated heterocycles. The summed E-state index contributed by atoms with van der Waals surface area (Å²) in [6.07, 6.45) is 0. The van der Waals surface area contributed by atoms with Crippen LogP contribution in [-0.4, -0.2) is 7.63 Å². The van der Waals surface area contributed by atoms with E-state index in [2.05, 4.69) is 13.8 Å². The van der Waals surface area contributed by atoms with Crippen molar-refractivity contribution in [3.8, 4) is 0 Å². The molecule has 0 unspecified atom stereocenters. The van der Waals surface area contributed by atoms with Crippen molar-refractivity contribution in [2.45, 2.75) is 32.5 Å². The van der Waals surface area contributed by atoms with E-state index in [0.29, 0.717) is 6.61 Å². The molecule has 0 bridgehead atoms. The summed E-state index contributed by atoms with van der Waals surface area (Å²) in [6, 6.07) is 9.57. The molecule has 1 aromatic rings. The molecular weight excluding hydrogens is 247 g/mol. The average Bonchev–Trinajstić information content (AvgIpc) is 2.28. The van der Waals surface area contributed by atoms with Gasteiger partial charge in [-0.15, -0.1) is 11.1 Å². The minimum Gasteiger partial charge on any atom is -0.399 e. The van der Waals surface area contributed by atoms with Gasteiger partial charge in [0, 0.05) is 5.02 Å². The van der Waals surface area contributed by atoms with E-state index in [1.54, 1.807) is 0 Å². The van der Waals surface area contributed by atoms with Crippen LogP contribution in [0, 0.1) is 0 Å². The second kappa shape index (κ2) is 5.90. The Kier molecular flexibility index (Phi) is 5.13. The first kappa shape index (κ1) is 13.0. The summed E-state index contributed by atoms with van der Waals surface area (Å²) in [6.45, 7) is 4.77. The van der Waals surface area contributed by atoms with Gasteiger partial charge in [-0.25, -0.2) is 0 Å². The minimum absolute atomic E-state index is 0.592. The highest BCUT2D eigenvalue weighted by molar-refractivity contribution is 7.16. The third-order valence-corrected chi connectivity index (χ3v) is 7.42. The van der Waals surface area contributed by atoms with E-state index < -0.39 is 7.63 Å². The van der Waals surface area contributed by atoms with Gasteiger partial charge in [0.2, 0.25) is 0 Å². The van der Waals surface area contributed by atoms with Crippen molar-refractivity contribution < 1.29 is 4.43 Å². The van der Waals surface area contributed by atoms with E-state index >= 15 is 0 Å². The summed E-state index contributed by atoms with van der Waals surface area (Å²) in [7, 11) is -1.95. The zero-order valence-electron chi connectivity index (χ0n) is 9.09. The fraction of sp³-hybridized carbons (Fsp3) is 0.455. The minimum atomic E-state index is -1.95. The van der Waals surface area contributed by atoms with Crippen LogP contribution in [0.3, 0.4) is 0 Å². The normalized spacial score (nSPS) is 11.7. The second-order valence-electron chi connectivity index (χ2n) is 3.51. The lowest BCUT2D eigenvalue weighted by molar-refractivity contribution is 0.301. The van der Waals surface area contributed by atoms with Gasteiger partial charge in [-0.3, -0.25) is 0 Å². The summed E-state index contributed by atoms with van der Waals surface area (Å²) >= 11 is 12.2. The van der Waals surface area contributed by atoms with E-state index in [-0.39, 0.29) is 0 Å². The maximum Gasteiger partial charge on any atom is 0.289 e. The van der Waals surface area contributed by atoms with Gasteiger partial charge >= 0.3 is 0 Å². The van der Waals surface area contributed by atoms with Gasteiger partial charge in [0.05, 0.1) is 6.61 Å². The van der Waals surface area contributed by atoms with E-state index in [0.717, 1.165) is 22.7 Å². The van der Waals surface area contributed by atoms with Crippen LogP contribution in [0.1, 0.15) is 19.4 Å². The molecule has 0 atom stereocenters. The highest BCUT2D eigenvalue weighted by Gasteiger charge is 2.27. The van der Waals surface area contributed by atoms with E-state index in [9.17, 15) is 0 Å². The lowest BCUT2D eigenvalue weighted by Crippen LogP contribution is -2.29. The van der Waals surface area contributed by atoms with E-state index in [1.165, 1.54) is 0 Å². The zero-order valence-corrected chi connectivity index (χ0v) is 11.6. The van der Waals surface area contributed by atoms with Gasteiger partial charge in [0.1, 0.15) is 0 Å². The molecule has 0 aromatic heterocycles. The Balaban J connectivity index is 2.53. The van der Waals surface area contributed by atoms with Crippen molar-refractivity contribution in [3.05, 3.63) is 34.9 Å². The molecule has 15 heavy (non-hydrogen) atoms. The number of hydrogen-bond acceptors (Lipinski definition) is 1. The second-order valence-corrected chi connectivity index (χ2v) is 9.48. The molecule has 0 heterocycles. The Morgan fingerprint density at radius 1 is 1.13 bits per heavy atom. The SMILES string of the molecule is CC[Si](Cl)(CC)OCc1ccc(Cl)cc1. The molecule has 84 valence electrons. The molecule has 0 N–H and O–H groups in total. The first-order valence-corrected chi connectivity index (χ1v) is 8.88. The molecule has 1 nitrogen and oxygen atoms in total. The maximum absolute atomic E-state index is 6.38. The first-order chi connectivity index (χ1) is 7.09. The predicted molar refractivity (Wildman–Crippen MR) is 68.8 cm³/mol. The fourth-order valence-electron chi connectivity index (χ4n) is 1.25. The van der Waals surface area contributed by atoms with Crippen molar-refractivity contribution in [1.29, 1.82) is 0 Å². The lowest BCUT2D eigenvalue weighted by Gasteiger charge is -2.21. The standard InChI is InChI=1S/C11H16Cl2OSi/c1-3-15(13,4-2)14-9-10-5-7-11(12)8-6-10/h5-8H,3-4,9H2,1-2H3. The molecule has 4 heteroatoms. The maximum atomic E-state index is 6.38. The Morgan fingerprint density at radius 3 is 2.13 bits per heavy atom.